The first-order valence-corrected chi connectivity index (χ1v) is 7.51. The van der Waals surface area contributed by atoms with Crippen molar-refractivity contribution in [3.05, 3.63) is 24.3 Å². The maximum Gasteiger partial charge on any atom is 0.127 e. The highest BCUT2D eigenvalue weighted by Crippen LogP contribution is 2.35. The minimum atomic E-state index is -0.172. The average molecular weight is 275 g/mol. The van der Waals surface area contributed by atoms with Gasteiger partial charge in [0, 0.05) is 30.8 Å². The Morgan fingerprint density at radius 3 is 2.55 bits per heavy atom. The van der Waals surface area contributed by atoms with Gasteiger partial charge in [-0.1, -0.05) is 31.7 Å². The number of hydrogen-bond acceptors (Lipinski definition) is 3. The molecule has 20 heavy (non-hydrogen) atoms. The van der Waals surface area contributed by atoms with Gasteiger partial charge in [-0.2, -0.15) is 0 Å². The van der Waals surface area contributed by atoms with E-state index in [1.165, 1.54) is 32.0 Å². The summed E-state index contributed by atoms with van der Waals surface area (Å²) in [6.07, 6.45) is 8.11. The molecule has 1 aliphatic carbocycles. The second-order valence-corrected chi connectivity index (χ2v) is 5.95. The number of benzene rings is 1. The number of nitrogens with zero attached hydrogens (tertiary/aromatic N) is 1. The van der Waals surface area contributed by atoms with Crippen LogP contribution in [-0.4, -0.2) is 27.0 Å². The summed E-state index contributed by atoms with van der Waals surface area (Å²) in [5.74, 6) is 0.857. The molecule has 1 fully saturated rings. The van der Waals surface area contributed by atoms with E-state index in [9.17, 15) is 4.79 Å². The SMILES string of the molecule is COc1cccc(N(C)CC2(C=O)CCCCCC2)c1. The molecule has 110 valence electrons. The molecular weight excluding hydrogens is 250 g/mol. The zero-order valence-electron chi connectivity index (χ0n) is 12.6. The van der Waals surface area contributed by atoms with Crippen molar-refractivity contribution in [2.45, 2.75) is 38.5 Å². The van der Waals surface area contributed by atoms with Gasteiger partial charge in [0.1, 0.15) is 12.0 Å². The smallest absolute Gasteiger partial charge is 0.127 e. The van der Waals surface area contributed by atoms with Gasteiger partial charge in [-0.25, -0.2) is 0 Å². The van der Waals surface area contributed by atoms with E-state index in [-0.39, 0.29) is 5.41 Å². The fraction of sp³-hybridized carbons (Fsp3) is 0.588. The maximum absolute atomic E-state index is 11.7. The van der Waals surface area contributed by atoms with Crippen molar-refractivity contribution >= 4 is 12.0 Å². The fourth-order valence-corrected chi connectivity index (χ4v) is 3.16. The van der Waals surface area contributed by atoms with Gasteiger partial charge in [0.25, 0.3) is 0 Å². The first-order valence-electron chi connectivity index (χ1n) is 7.51. The van der Waals surface area contributed by atoms with E-state index in [1.807, 2.05) is 18.2 Å². The Morgan fingerprint density at radius 2 is 1.95 bits per heavy atom. The molecule has 3 nitrogen and oxygen atoms in total. The predicted octanol–water partition coefficient (Wildman–Crippen LogP) is 3.67. The van der Waals surface area contributed by atoms with Crippen LogP contribution < -0.4 is 9.64 Å². The van der Waals surface area contributed by atoms with Crippen LogP contribution in [0.15, 0.2) is 24.3 Å². The molecular formula is C17H25NO2. The minimum Gasteiger partial charge on any atom is -0.497 e. The highest BCUT2D eigenvalue weighted by atomic mass is 16.5. The van der Waals surface area contributed by atoms with Crippen LogP contribution in [0.2, 0.25) is 0 Å². The zero-order chi connectivity index (χ0) is 14.4. The molecule has 0 unspecified atom stereocenters. The summed E-state index contributed by atoms with van der Waals surface area (Å²) in [4.78, 5) is 13.9. The molecule has 0 radical (unpaired) electrons. The quantitative estimate of drug-likeness (QED) is 0.606. The Labute approximate surface area is 121 Å². The molecule has 0 N–H and O–H groups in total. The highest BCUT2D eigenvalue weighted by Gasteiger charge is 2.32. The van der Waals surface area contributed by atoms with Gasteiger partial charge in [-0.05, 0) is 25.0 Å². The first-order chi connectivity index (χ1) is 9.69. The lowest BCUT2D eigenvalue weighted by Gasteiger charge is -2.33. The summed E-state index contributed by atoms with van der Waals surface area (Å²) in [6, 6.07) is 8.02. The number of carbonyl (C=O) groups excluding carboxylic acids is 1. The Bertz CT molecular complexity index is 436. The van der Waals surface area contributed by atoms with Crippen molar-refractivity contribution in [2.75, 3.05) is 25.6 Å². The highest BCUT2D eigenvalue weighted by molar-refractivity contribution is 5.62. The molecule has 0 saturated heterocycles. The Balaban J connectivity index is 2.11. The molecule has 1 aliphatic rings. The number of anilines is 1. The van der Waals surface area contributed by atoms with Crippen LogP contribution in [0.25, 0.3) is 0 Å². The molecule has 1 aromatic rings. The van der Waals surface area contributed by atoms with Crippen molar-refractivity contribution in [1.82, 2.24) is 0 Å². The summed E-state index contributed by atoms with van der Waals surface area (Å²) in [5.41, 5.74) is 0.934. The monoisotopic (exact) mass is 275 g/mol. The Kier molecular flexibility index (Phi) is 5.05. The van der Waals surface area contributed by atoms with Gasteiger partial charge in [0.05, 0.1) is 7.11 Å². The summed E-state index contributed by atoms with van der Waals surface area (Å²) >= 11 is 0. The molecule has 0 spiro atoms. The van der Waals surface area contributed by atoms with E-state index in [1.54, 1.807) is 7.11 Å². The fourth-order valence-electron chi connectivity index (χ4n) is 3.16. The third-order valence-electron chi connectivity index (χ3n) is 4.40. The second kappa shape index (κ2) is 6.78. The summed E-state index contributed by atoms with van der Waals surface area (Å²) in [7, 11) is 3.74. The lowest BCUT2D eigenvalue weighted by molar-refractivity contribution is -0.116. The summed E-state index contributed by atoms with van der Waals surface area (Å²) < 4.78 is 5.27. The van der Waals surface area contributed by atoms with Crippen LogP contribution in [0.1, 0.15) is 38.5 Å². The van der Waals surface area contributed by atoms with Crippen LogP contribution in [0.3, 0.4) is 0 Å². The number of carbonyl (C=O) groups is 1. The van der Waals surface area contributed by atoms with Gasteiger partial charge in [0.15, 0.2) is 0 Å². The van der Waals surface area contributed by atoms with Crippen LogP contribution >= 0.6 is 0 Å². The third kappa shape index (κ3) is 3.53. The lowest BCUT2D eigenvalue weighted by Crippen LogP contribution is -2.36. The number of methoxy groups -OCH3 is 1. The number of aldehydes is 1. The van der Waals surface area contributed by atoms with E-state index in [2.05, 4.69) is 18.0 Å². The number of ether oxygens (including phenoxy) is 1. The van der Waals surface area contributed by atoms with Crippen LogP contribution in [0.5, 0.6) is 5.75 Å². The average Bonchev–Trinajstić information content (AvgIpc) is 2.73. The second-order valence-electron chi connectivity index (χ2n) is 5.95. The van der Waals surface area contributed by atoms with Gasteiger partial charge >= 0.3 is 0 Å². The molecule has 0 aromatic heterocycles. The molecule has 3 heteroatoms. The lowest BCUT2D eigenvalue weighted by atomic mass is 9.81. The van der Waals surface area contributed by atoms with Crippen molar-refractivity contribution in [1.29, 1.82) is 0 Å². The molecule has 1 saturated carbocycles. The molecule has 2 rings (SSSR count). The third-order valence-corrected chi connectivity index (χ3v) is 4.40. The molecule has 0 atom stereocenters. The van der Waals surface area contributed by atoms with Crippen molar-refractivity contribution in [3.8, 4) is 5.75 Å². The molecule has 0 heterocycles. The Hall–Kier alpha value is -1.51. The molecule has 0 bridgehead atoms. The number of hydrogen-bond donors (Lipinski definition) is 0. The van der Waals surface area contributed by atoms with E-state index < -0.39 is 0 Å². The molecule has 1 aromatic carbocycles. The van der Waals surface area contributed by atoms with E-state index in [0.717, 1.165) is 30.8 Å². The predicted molar refractivity (Wildman–Crippen MR) is 82.5 cm³/mol. The van der Waals surface area contributed by atoms with E-state index >= 15 is 0 Å². The van der Waals surface area contributed by atoms with Gasteiger partial charge in [-0.15, -0.1) is 0 Å². The maximum atomic E-state index is 11.7. The standard InChI is InChI=1S/C17H25NO2/c1-18(15-8-7-9-16(12-15)20-2)13-17(14-19)10-5-3-4-6-11-17/h7-9,12,14H,3-6,10-11,13H2,1-2H3. The van der Waals surface area contributed by atoms with Gasteiger partial charge in [-0.3, -0.25) is 0 Å². The first kappa shape index (κ1) is 14.9. The van der Waals surface area contributed by atoms with Crippen molar-refractivity contribution in [3.63, 3.8) is 0 Å². The largest absolute Gasteiger partial charge is 0.497 e. The van der Waals surface area contributed by atoms with Crippen LogP contribution in [0, 0.1) is 5.41 Å². The van der Waals surface area contributed by atoms with E-state index in [0.29, 0.717) is 0 Å². The topological polar surface area (TPSA) is 29.5 Å². The number of rotatable bonds is 5. The van der Waals surface area contributed by atoms with Crippen LogP contribution in [0.4, 0.5) is 5.69 Å². The van der Waals surface area contributed by atoms with Crippen LogP contribution in [-0.2, 0) is 4.79 Å². The summed E-state index contributed by atoms with van der Waals surface area (Å²) in [6.45, 7) is 0.795. The van der Waals surface area contributed by atoms with E-state index in [4.69, 9.17) is 4.74 Å². The Morgan fingerprint density at radius 1 is 1.25 bits per heavy atom. The summed E-state index contributed by atoms with van der Waals surface area (Å²) in [5, 5.41) is 0. The zero-order valence-corrected chi connectivity index (χ0v) is 12.6. The normalized spacial score (nSPS) is 18.1. The van der Waals surface area contributed by atoms with Gasteiger partial charge < -0.3 is 14.4 Å². The van der Waals surface area contributed by atoms with Crippen molar-refractivity contribution < 1.29 is 9.53 Å². The molecule has 0 amide bonds. The van der Waals surface area contributed by atoms with Gasteiger partial charge in [0.2, 0.25) is 0 Å². The molecule has 0 aliphatic heterocycles. The van der Waals surface area contributed by atoms with Crippen molar-refractivity contribution in [2.24, 2.45) is 5.41 Å². The minimum absolute atomic E-state index is 0.172.